The summed E-state index contributed by atoms with van der Waals surface area (Å²) >= 11 is 1.63. The zero-order chi connectivity index (χ0) is 25.4. The number of anilines is 2. The number of amides is 2. The van der Waals surface area contributed by atoms with Crippen LogP contribution >= 0.6 is 11.3 Å². The van der Waals surface area contributed by atoms with Gasteiger partial charge in [-0.25, -0.2) is 9.97 Å². The van der Waals surface area contributed by atoms with E-state index < -0.39 is 0 Å². The summed E-state index contributed by atoms with van der Waals surface area (Å²) in [5.41, 5.74) is 2.89. The van der Waals surface area contributed by atoms with Crippen molar-refractivity contribution in [3.8, 4) is 5.75 Å². The lowest BCUT2D eigenvalue weighted by Crippen LogP contribution is -2.36. The normalized spacial score (nSPS) is 15.1. The molecular weight excluding hydrogens is 478 g/mol. The van der Waals surface area contributed by atoms with E-state index in [1.165, 1.54) is 15.3 Å². The van der Waals surface area contributed by atoms with E-state index in [2.05, 4.69) is 20.8 Å². The Balaban J connectivity index is 1.40. The second-order valence-electron chi connectivity index (χ2n) is 9.21. The van der Waals surface area contributed by atoms with Crippen LogP contribution in [0.1, 0.15) is 29.1 Å². The molecule has 0 radical (unpaired) electrons. The molecule has 188 valence electrons. The fourth-order valence-electron chi connectivity index (χ4n) is 4.62. The van der Waals surface area contributed by atoms with Crippen LogP contribution in [-0.2, 0) is 22.4 Å². The number of ether oxygens (including phenoxy) is 1. The molecule has 36 heavy (non-hydrogen) atoms. The number of hydrogen-bond acceptors (Lipinski definition) is 8. The van der Waals surface area contributed by atoms with E-state index >= 15 is 0 Å². The van der Waals surface area contributed by atoms with E-state index in [0.29, 0.717) is 31.0 Å². The van der Waals surface area contributed by atoms with Crippen LogP contribution in [0.15, 0.2) is 18.3 Å². The number of nitrogens with one attached hydrogen (secondary N) is 3. The van der Waals surface area contributed by atoms with Crippen LogP contribution in [0.2, 0.25) is 0 Å². The first-order valence-corrected chi connectivity index (χ1v) is 12.7. The maximum Gasteiger partial charge on any atom is 0.223 e. The van der Waals surface area contributed by atoms with Gasteiger partial charge in [0.15, 0.2) is 0 Å². The summed E-state index contributed by atoms with van der Waals surface area (Å²) in [4.78, 5) is 37.6. The highest BCUT2D eigenvalue weighted by Crippen LogP contribution is 2.42. The number of H-pyrrole nitrogens is 1. The molecule has 1 aliphatic rings. The number of fused-ring (bicyclic) bond motifs is 4. The summed E-state index contributed by atoms with van der Waals surface area (Å²) in [6.45, 7) is 2.23. The van der Waals surface area contributed by atoms with Gasteiger partial charge in [0.25, 0.3) is 0 Å². The van der Waals surface area contributed by atoms with Crippen molar-refractivity contribution in [1.82, 2.24) is 30.4 Å². The minimum absolute atomic E-state index is 0.00302. The molecule has 1 aromatic carbocycles. The first-order valence-electron chi connectivity index (χ1n) is 11.9. The second-order valence-corrected chi connectivity index (χ2v) is 10.3. The first kappa shape index (κ1) is 24.0. The second kappa shape index (κ2) is 9.73. The number of carbonyl (C=O) groups excluding carboxylic acids is 2. The number of aromatic amines is 1. The zero-order valence-electron chi connectivity index (χ0n) is 20.8. The Hall–Kier alpha value is -3.73. The van der Waals surface area contributed by atoms with Crippen LogP contribution in [-0.4, -0.2) is 64.6 Å². The molecule has 4 aromatic rings. The SMILES string of the molecule is COc1cc2[nH]ncc2cc1Nc1nc(C)nc2sc3c(c12)CC[C@H](C(=O)NCCC(=O)N(C)C)C3. The minimum Gasteiger partial charge on any atom is -0.494 e. The molecular formula is C25H29N7O3S. The summed E-state index contributed by atoms with van der Waals surface area (Å²) in [5.74, 6) is 1.98. The Morgan fingerprint density at radius 2 is 2.11 bits per heavy atom. The maximum absolute atomic E-state index is 12.8. The van der Waals surface area contributed by atoms with Crippen molar-refractivity contribution in [2.45, 2.75) is 32.6 Å². The Labute approximate surface area is 212 Å². The Morgan fingerprint density at radius 3 is 2.89 bits per heavy atom. The predicted molar refractivity (Wildman–Crippen MR) is 140 cm³/mol. The van der Waals surface area contributed by atoms with E-state index in [-0.39, 0.29) is 17.7 Å². The van der Waals surface area contributed by atoms with Crippen LogP contribution in [0.3, 0.4) is 0 Å². The van der Waals surface area contributed by atoms with E-state index in [0.717, 1.165) is 45.5 Å². The quantitative estimate of drug-likeness (QED) is 0.350. The summed E-state index contributed by atoms with van der Waals surface area (Å²) in [6, 6.07) is 3.90. The van der Waals surface area contributed by atoms with Gasteiger partial charge >= 0.3 is 0 Å². The average molecular weight is 508 g/mol. The van der Waals surface area contributed by atoms with Crippen LogP contribution in [0.5, 0.6) is 5.75 Å². The number of aryl methyl sites for hydroxylation is 2. The third-order valence-corrected chi connectivity index (χ3v) is 7.69. The van der Waals surface area contributed by atoms with Gasteiger partial charge in [0.2, 0.25) is 11.8 Å². The number of aromatic nitrogens is 4. The van der Waals surface area contributed by atoms with Gasteiger partial charge in [0.05, 0.1) is 29.9 Å². The molecule has 0 saturated heterocycles. The topological polar surface area (TPSA) is 125 Å². The molecule has 1 aliphatic carbocycles. The minimum atomic E-state index is -0.117. The van der Waals surface area contributed by atoms with Crippen molar-refractivity contribution < 1.29 is 14.3 Å². The molecule has 0 aliphatic heterocycles. The summed E-state index contributed by atoms with van der Waals surface area (Å²) in [6.07, 6.45) is 4.24. The molecule has 0 fully saturated rings. The van der Waals surface area contributed by atoms with Gasteiger partial charge in [0, 0.05) is 49.3 Å². The van der Waals surface area contributed by atoms with Gasteiger partial charge in [-0.15, -0.1) is 11.3 Å². The molecule has 1 atom stereocenters. The molecule has 11 heteroatoms. The van der Waals surface area contributed by atoms with Crippen molar-refractivity contribution >= 4 is 55.8 Å². The lowest BCUT2D eigenvalue weighted by atomic mass is 9.87. The molecule has 2 amide bonds. The van der Waals surface area contributed by atoms with Crippen molar-refractivity contribution in [3.05, 3.63) is 34.6 Å². The number of rotatable bonds is 7. The number of benzene rings is 1. The smallest absolute Gasteiger partial charge is 0.223 e. The van der Waals surface area contributed by atoms with Gasteiger partial charge < -0.3 is 20.3 Å². The Morgan fingerprint density at radius 1 is 1.28 bits per heavy atom. The number of hydrogen-bond donors (Lipinski definition) is 3. The molecule has 0 bridgehead atoms. The molecule has 0 unspecified atom stereocenters. The van der Waals surface area contributed by atoms with E-state index in [1.54, 1.807) is 38.7 Å². The fourth-order valence-corrected chi connectivity index (χ4v) is 5.97. The van der Waals surface area contributed by atoms with Gasteiger partial charge in [0.1, 0.15) is 22.2 Å². The first-order chi connectivity index (χ1) is 17.3. The van der Waals surface area contributed by atoms with Crippen molar-refractivity contribution in [3.63, 3.8) is 0 Å². The van der Waals surface area contributed by atoms with Crippen molar-refractivity contribution in [1.29, 1.82) is 0 Å². The maximum atomic E-state index is 12.8. The molecule has 5 rings (SSSR count). The molecule has 3 aromatic heterocycles. The van der Waals surface area contributed by atoms with Crippen LogP contribution in [0.25, 0.3) is 21.1 Å². The summed E-state index contributed by atoms with van der Waals surface area (Å²) in [5, 5.41) is 15.5. The van der Waals surface area contributed by atoms with E-state index in [4.69, 9.17) is 14.7 Å². The van der Waals surface area contributed by atoms with Gasteiger partial charge in [-0.3, -0.25) is 14.7 Å². The van der Waals surface area contributed by atoms with Crippen LogP contribution < -0.4 is 15.4 Å². The zero-order valence-corrected chi connectivity index (χ0v) is 21.6. The third kappa shape index (κ3) is 4.58. The lowest BCUT2D eigenvalue weighted by molar-refractivity contribution is -0.129. The highest BCUT2D eigenvalue weighted by molar-refractivity contribution is 7.19. The van der Waals surface area contributed by atoms with E-state index in [1.807, 2.05) is 19.1 Å². The highest BCUT2D eigenvalue weighted by Gasteiger charge is 2.29. The largest absolute Gasteiger partial charge is 0.494 e. The molecule has 10 nitrogen and oxygen atoms in total. The number of thiophene rings is 1. The highest BCUT2D eigenvalue weighted by atomic mass is 32.1. The van der Waals surface area contributed by atoms with Crippen molar-refractivity contribution in [2.24, 2.45) is 5.92 Å². The van der Waals surface area contributed by atoms with Gasteiger partial charge in [-0.1, -0.05) is 0 Å². The molecule has 3 heterocycles. The molecule has 3 N–H and O–H groups in total. The summed E-state index contributed by atoms with van der Waals surface area (Å²) in [7, 11) is 5.07. The average Bonchev–Trinajstić information content (AvgIpc) is 3.46. The standard InChI is InChI=1S/C25H29N7O3S/c1-13-28-23(30-18-9-15-12-27-31-17(15)11-19(18)35-4)22-16-6-5-14(10-20(16)36-25(22)29-13)24(34)26-8-7-21(33)32(2)3/h9,11-12,14H,5-8,10H2,1-4H3,(H,26,34)(H,27,31)(H,28,29,30)/t14-/m0/s1. The fraction of sp³-hybridized carbons (Fsp3) is 0.400. The van der Waals surface area contributed by atoms with E-state index in [9.17, 15) is 9.59 Å². The molecule has 0 saturated carbocycles. The van der Waals surface area contributed by atoms with Crippen molar-refractivity contribution in [2.75, 3.05) is 33.1 Å². The summed E-state index contributed by atoms with van der Waals surface area (Å²) < 4.78 is 5.61. The van der Waals surface area contributed by atoms with Crippen LogP contribution in [0, 0.1) is 12.8 Å². The molecule has 0 spiro atoms. The monoisotopic (exact) mass is 507 g/mol. The van der Waals surface area contributed by atoms with Crippen LogP contribution in [0.4, 0.5) is 11.5 Å². The number of nitrogens with zero attached hydrogens (tertiary/aromatic N) is 4. The predicted octanol–water partition coefficient (Wildman–Crippen LogP) is 3.33. The third-order valence-electron chi connectivity index (χ3n) is 6.54. The lowest BCUT2D eigenvalue weighted by Gasteiger charge is -2.22. The van der Waals surface area contributed by atoms with Gasteiger partial charge in [-0.2, -0.15) is 5.10 Å². The number of methoxy groups -OCH3 is 1. The Bertz CT molecular complexity index is 1460. The Kier molecular flexibility index (Phi) is 6.48. The number of carbonyl (C=O) groups is 2. The van der Waals surface area contributed by atoms with Gasteiger partial charge in [-0.05, 0) is 37.8 Å².